The van der Waals surface area contributed by atoms with Gasteiger partial charge in [0.15, 0.2) is 11.5 Å². The number of anilines is 1. The third kappa shape index (κ3) is 2.62. The summed E-state index contributed by atoms with van der Waals surface area (Å²) in [6, 6.07) is 8.02. The van der Waals surface area contributed by atoms with Gasteiger partial charge in [-0.15, -0.1) is 8.78 Å². The molecule has 6 nitrogen and oxygen atoms in total. The molecule has 0 fully saturated rings. The molecule has 0 saturated carbocycles. The monoisotopic (exact) mass is 343 g/mol. The maximum Gasteiger partial charge on any atom is 0.586 e. The molecule has 0 radical (unpaired) electrons. The van der Waals surface area contributed by atoms with Crippen molar-refractivity contribution in [1.29, 1.82) is 0 Å². The van der Waals surface area contributed by atoms with Crippen molar-refractivity contribution in [2.45, 2.75) is 13.1 Å². The molecule has 2 heterocycles. The number of rotatable bonds is 2. The molecular weight excluding hydrogens is 331 g/mol. The van der Waals surface area contributed by atoms with Crippen molar-refractivity contribution in [3.8, 4) is 22.6 Å². The van der Waals surface area contributed by atoms with Crippen molar-refractivity contribution in [2.75, 3.05) is 5.73 Å². The molecule has 0 atom stereocenters. The summed E-state index contributed by atoms with van der Waals surface area (Å²) in [6.07, 6.45) is -2.32. The number of benzene rings is 2. The number of alkyl halides is 2. The van der Waals surface area contributed by atoms with Gasteiger partial charge in [-0.1, -0.05) is 19.0 Å². The van der Waals surface area contributed by atoms with Crippen molar-refractivity contribution in [3.05, 3.63) is 36.5 Å². The van der Waals surface area contributed by atoms with Crippen LogP contribution in [0.25, 0.3) is 22.0 Å². The summed E-state index contributed by atoms with van der Waals surface area (Å²) in [5.41, 5.74) is 8.18. The van der Waals surface area contributed by atoms with Gasteiger partial charge in [-0.2, -0.15) is 10.2 Å². The lowest BCUT2D eigenvalue weighted by Gasteiger charge is -2.11. The number of hydrogen-bond donors (Lipinski definition) is 2. The van der Waals surface area contributed by atoms with E-state index in [0.717, 1.165) is 0 Å². The molecule has 1 aromatic heterocycles. The van der Waals surface area contributed by atoms with E-state index in [9.17, 15) is 13.8 Å². The highest BCUT2D eigenvalue weighted by Gasteiger charge is 2.45. The second kappa shape index (κ2) is 5.28. The van der Waals surface area contributed by atoms with Crippen molar-refractivity contribution in [1.82, 2.24) is 10.2 Å². The van der Waals surface area contributed by atoms with Gasteiger partial charge in [-0.05, 0) is 29.2 Å². The van der Waals surface area contributed by atoms with Crippen molar-refractivity contribution in [3.63, 3.8) is 0 Å². The quantitative estimate of drug-likeness (QED) is 0.692. The first-order valence-electron chi connectivity index (χ1n) is 7.47. The Labute approximate surface area is 141 Å². The molecule has 0 aliphatic carbocycles. The Balaban J connectivity index is 1.93. The molecule has 1 aliphatic rings. The van der Waals surface area contributed by atoms with Crippen LogP contribution in [0, 0.1) is 0 Å². The maximum absolute atomic E-state index is 13.5. The molecule has 1 aliphatic heterocycles. The van der Waals surface area contributed by atoms with Gasteiger partial charge in [-0.3, -0.25) is 0 Å². The number of ether oxygens (including phenoxy) is 2. The molecule has 0 saturated heterocycles. The second-order valence-corrected chi connectivity index (χ2v) is 5.77. The number of fused-ring (bicyclic) bond motifs is 2. The largest absolute Gasteiger partial charge is 0.586 e. The maximum atomic E-state index is 13.5. The summed E-state index contributed by atoms with van der Waals surface area (Å²) in [4.78, 5) is 0. The molecule has 0 spiro atoms. The van der Waals surface area contributed by atoms with Crippen LogP contribution in [0.4, 0.5) is 14.5 Å². The summed E-state index contributed by atoms with van der Waals surface area (Å²) < 4.78 is 36.2. The van der Waals surface area contributed by atoms with Crippen molar-refractivity contribution in [2.24, 2.45) is 0 Å². The van der Waals surface area contributed by atoms with Gasteiger partial charge in [0, 0.05) is 10.9 Å². The van der Waals surface area contributed by atoms with Crippen LogP contribution in [-0.4, -0.2) is 28.4 Å². The standard InChI is InChI=1S/C16H12BF2N3O3/c1-17(23)9-5-11(15-14(6-9)24-16(18,19)25-15)8-2-3-10-12(20)7-21-22-13(10)4-8/h2-7,23H,1H3,(H2,20,22). The Bertz CT molecular complexity index is 998. The predicted molar refractivity (Wildman–Crippen MR) is 89.1 cm³/mol. The molecule has 4 rings (SSSR count). The molecule has 0 bridgehead atoms. The first-order chi connectivity index (χ1) is 11.8. The number of nitrogens with two attached hydrogens (primary N) is 1. The van der Waals surface area contributed by atoms with E-state index in [1.807, 2.05) is 0 Å². The van der Waals surface area contributed by atoms with Gasteiger partial charge in [0.25, 0.3) is 0 Å². The van der Waals surface area contributed by atoms with E-state index < -0.39 is 13.2 Å². The van der Waals surface area contributed by atoms with Crippen LogP contribution in [0.5, 0.6) is 11.5 Å². The minimum Gasteiger partial charge on any atom is -0.446 e. The summed E-state index contributed by atoms with van der Waals surface area (Å²) in [7, 11) is 0. The van der Waals surface area contributed by atoms with Gasteiger partial charge < -0.3 is 20.2 Å². The molecular formula is C16H12BF2N3O3. The molecule has 0 unspecified atom stereocenters. The average Bonchev–Trinajstić information content (AvgIpc) is 2.87. The molecule has 25 heavy (non-hydrogen) atoms. The fraction of sp³-hybridized carbons (Fsp3) is 0.125. The zero-order valence-electron chi connectivity index (χ0n) is 13.0. The van der Waals surface area contributed by atoms with Crippen molar-refractivity contribution < 1.29 is 23.3 Å². The van der Waals surface area contributed by atoms with E-state index in [1.54, 1.807) is 24.3 Å². The van der Waals surface area contributed by atoms with Crippen LogP contribution in [0.15, 0.2) is 36.5 Å². The molecule has 126 valence electrons. The van der Waals surface area contributed by atoms with E-state index in [2.05, 4.69) is 19.7 Å². The first kappa shape index (κ1) is 15.6. The lowest BCUT2D eigenvalue weighted by Crippen LogP contribution is -2.27. The number of nitrogens with zero attached hydrogens (tertiary/aromatic N) is 2. The van der Waals surface area contributed by atoms with Crippen LogP contribution in [-0.2, 0) is 0 Å². The predicted octanol–water partition coefficient (Wildman–Crippen LogP) is 2.02. The number of hydrogen-bond acceptors (Lipinski definition) is 6. The SMILES string of the molecule is CB(O)c1cc2c(c(-c3ccc4c(N)cnnc4c3)c1)OC(F)(F)O2. The van der Waals surface area contributed by atoms with Crippen molar-refractivity contribution >= 4 is 29.0 Å². The third-order valence-electron chi connectivity index (χ3n) is 3.99. The third-order valence-corrected chi connectivity index (χ3v) is 3.99. The van der Waals surface area contributed by atoms with Gasteiger partial charge in [0.1, 0.15) is 0 Å². The summed E-state index contributed by atoms with van der Waals surface area (Å²) in [5.74, 6) is -0.220. The summed E-state index contributed by atoms with van der Waals surface area (Å²) in [5, 5.41) is 18.3. The molecule has 9 heteroatoms. The fourth-order valence-electron chi connectivity index (χ4n) is 2.78. The van der Waals surface area contributed by atoms with Gasteiger partial charge in [0.05, 0.1) is 17.4 Å². The van der Waals surface area contributed by atoms with E-state index in [0.29, 0.717) is 33.2 Å². The molecule has 3 aromatic rings. The van der Waals surface area contributed by atoms with E-state index in [-0.39, 0.29) is 11.5 Å². The van der Waals surface area contributed by atoms with E-state index in [4.69, 9.17) is 5.73 Å². The molecule has 3 N–H and O–H groups in total. The second-order valence-electron chi connectivity index (χ2n) is 5.77. The average molecular weight is 343 g/mol. The minimum absolute atomic E-state index is 0.0920. The topological polar surface area (TPSA) is 90.5 Å². The van der Waals surface area contributed by atoms with E-state index >= 15 is 0 Å². The molecule has 0 amide bonds. The minimum atomic E-state index is -3.75. The first-order valence-corrected chi connectivity index (χ1v) is 7.47. The number of nitrogen functional groups attached to an aromatic ring is 1. The Morgan fingerprint density at radius 2 is 2.00 bits per heavy atom. The van der Waals surface area contributed by atoms with Gasteiger partial charge in [-0.25, -0.2) is 0 Å². The van der Waals surface area contributed by atoms with Gasteiger partial charge in [0.2, 0.25) is 0 Å². The van der Waals surface area contributed by atoms with E-state index in [1.165, 1.54) is 19.1 Å². The highest BCUT2D eigenvalue weighted by molar-refractivity contribution is 6.65. The smallest absolute Gasteiger partial charge is 0.446 e. The highest BCUT2D eigenvalue weighted by atomic mass is 19.3. The Morgan fingerprint density at radius 3 is 2.76 bits per heavy atom. The zero-order valence-corrected chi connectivity index (χ0v) is 13.0. The van der Waals surface area contributed by atoms with Crippen LogP contribution in [0.3, 0.4) is 0 Å². The van der Waals surface area contributed by atoms with Crippen LogP contribution >= 0.6 is 0 Å². The van der Waals surface area contributed by atoms with Crippen LogP contribution < -0.4 is 20.7 Å². The Morgan fingerprint density at radius 1 is 1.20 bits per heavy atom. The van der Waals surface area contributed by atoms with Crippen LogP contribution in [0.1, 0.15) is 0 Å². The fourth-order valence-corrected chi connectivity index (χ4v) is 2.78. The Kier molecular flexibility index (Phi) is 3.29. The lowest BCUT2D eigenvalue weighted by atomic mass is 9.64. The normalized spacial score (nSPS) is 14.7. The van der Waals surface area contributed by atoms with Crippen LogP contribution in [0.2, 0.25) is 6.82 Å². The van der Waals surface area contributed by atoms with Gasteiger partial charge >= 0.3 is 13.2 Å². The summed E-state index contributed by atoms with van der Waals surface area (Å²) in [6.45, 7) is 0.671. The highest BCUT2D eigenvalue weighted by Crippen LogP contribution is 2.46. The summed E-state index contributed by atoms with van der Waals surface area (Å²) >= 11 is 0. The Hall–Kier alpha value is -2.94. The molecule has 2 aromatic carbocycles. The number of halogens is 2. The zero-order chi connectivity index (χ0) is 17.8. The lowest BCUT2D eigenvalue weighted by molar-refractivity contribution is -0.286. The number of aromatic nitrogens is 2.